The quantitative estimate of drug-likeness (QED) is 0.477. The topological polar surface area (TPSA) is 96.6 Å². The summed E-state index contributed by atoms with van der Waals surface area (Å²) in [6.45, 7) is 6.37. The molecule has 2 aromatic rings. The van der Waals surface area contributed by atoms with Crippen LogP contribution in [-0.4, -0.2) is 34.0 Å². The van der Waals surface area contributed by atoms with Gasteiger partial charge in [0.25, 0.3) is 0 Å². The SMILES string of the molecule is CCNC(=NCC(C)c1ccccc1)NCCc1ccc(S(N)(=O)=O)cc1. The number of benzene rings is 2. The van der Waals surface area contributed by atoms with E-state index in [0.717, 1.165) is 24.5 Å². The van der Waals surface area contributed by atoms with Gasteiger partial charge in [-0.3, -0.25) is 4.99 Å². The molecule has 0 saturated carbocycles. The molecule has 1 unspecified atom stereocenters. The molecule has 0 heterocycles. The van der Waals surface area contributed by atoms with E-state index in [0.29, 0.717) is 19.0 Å². The highest BCUT2D eigenvalue weighted by molar-refractivity contribution is 7.89. The average molecular weight is 389 g/mol. The Kier molecular flexibility index (Phi) is 7.82. The fourth-order valence-corrected chi connectivity index (χ4v) is 3.14. The molecule has 0 spiro atoms. The first-order chi connectivity index (χ1) is 12.9. The van der Waals surface area contributed by atoms with Gasteiger partial charge in [-0.2, -0.15) is 0 Å². The van der Waals surface area contributed by atoms with Crippen LogP contribution in [0.4, 0.5) is 0 Å². The Morgan fingerprint density at radius 2 is 1.74 bits per heavy atom. The number of nitrogens with one attached hydrogen (secondary N) is 2. The molecule has 0 amide bonds. The van der Waals surface area contributed by atoms with E-state index in [4.69, 9.17) is 5.14 Å². The van der Waals surface area contributed by atoms with Crippen LogP contribution in [0.5, 0.6) is 0 Å². The standard InChI is InChI=1S/C20H28N4O2S/c1-3-22-20(24-15-16(2)18-7-5-4-6-8-18)23-14-13-17-9-11-19(12-10-17)27(21,25)26/h4-12,16H,3,13-15H2,1-2H3,(H2,21,25,26)(H2,22,23,24). The zero-order valence-corrected chi connectivity index (χ0v) is 16.7. The second-order valence-electron chi connectivity index (χ2n) is 6.40. The van der Waals surface area contributed by atoms with Crippen LogP contribution in [0.1, 0.15) is 30.9 Å². The highest BCUT2D eigenvalue weighted by Crippen LogP contribution is 2.14. The number of sulfonamides is 1. The van der Waals surface area contributed by atoms with Crippen LogP contribution in [-0.2, 0) is 16.4 Å². The summed E-state index contributed by atoms with van der Waals surface area (Å²) in [7, 11) is -3.64. The Bertz CT molecular complexity index is 834. The van der Waals surface area contributed by atoms with Gasteiger partial charge in [-0.05, 0) is 36.6 Å². The van der Waals surface area contributed by atoms with Crippen LogP contribution < -0.4 is 15.8 Å². The van der Waals surface area contributed by atoms with Gasteiger partial charge < -0.3 is 10.6 Å². The number of nitrogens with zero attached hydrogens (tertiary/aromatic N) is 1. The highest BCUT2D eigenvalue weighted by atomic mass is 32.2. The second kappa shape index (κ2) is 10.1. The number of aliphatic imine (C=N–C) groups is 1. The molecule has 2 rings (SSSR count). The van der Waals surface area contributed by atoms with Crippen molar-refractivity contribution in [3.63, 3.8) is 0 Å². The minimum Gasteiger partial charge on any atom is -0.357 e. The predicted molar refractivity (Wildman–Crippen MR) is 110 cm³/mol. The summed E-state index contributed by atoms with van der Waals surface area (Å²) in [5, 5.41) is 11.7. The number of hydrogen-bond acceptors (Lipinski definition) is 3. The smallest absolute Gasteiger partial charge is 0.238 e. The first-order valence-electron chi connectivity index (χ1n) is 9.09. The summed E-state index contributed by atoms with van der Waals surface area (Å²) in [5.74, 6) is 1.12. The third-order valence-corrected chi connectivity index (χ3v) is 5.12. The molecular formula is C20H28N4O2S. The maximum Gasteiger partial charge on any atom is 0.238 e. The highest BCUT2D eigenvalue weighted by Gasteiger charge is 2.07. The van der Waals surface area contributed by atoms with Gasteiger partial charge in [-0.1, -0.05) is 49.4 Å². The molecule has 7 heteroatoms. The van der Waals surface area contributed by atoms with Crippen LogP contribution in [0.15, 0.2) is 64.5 Å². The average Bonchev–Trinajstić information content (AvgIpc) is 2.66. The molecule has 4 N–H and O–H groups in total. The molecule has 27 heavy (non-hydrogen) atoms. The van der Waals surface area contributed by atoms with Gasteiger partial charge in [0.2, 0.25) is 10.0 Å². The first-order valence-corrected chi connectivity index (χ1v) is 10.6. The summed E-state index contributed by atoms with van der Waals surface area (Å²) >= 11 is 0. The van der Waals surface area contributed by atoms with Gasteiger partial charge in [0.15, 0.2) is 5.96 Å². The van der Waals surface area contributed by atoms with Gasteiger partial charge in [0.1, 0.15) is 0 Å². The molecule has 0 bridgehead atoms. The van der Waals surface area contributed by atoms with Crippen molar-refractivity contribution in [2.45, 2.75) is 31.1 Å². The second-order valence-corrected chi connectivity index (χ2v) is 7.96. The van der Waals surface area contributed by atoms with E-state index in [2.05, 4.69) is 34.7 Å². The van der Waals surface area contributed by atoms with E-state index >= 15 is 0 Å². The van der Waals surface area contributed by atoms with E-state index in [1.807, 2.05) is 25.1 Å². The van der Waals surface area contributed by atoms with E-state index in [-0.39, 0.29) is 4.90 Å². The fraction of sp³-hybridized carbons (Fsp3) is 0.350. The third kappa shape index (κ3) is 7.03. The van der Waals surface area contributed by atoms with Crippen molar-refractivity contribution in [1.82, 2.24) is 10.6 Å². The zero-order valence-electron chi connectivity index (χ0n) is 15.9. The molecule has 0 aliphatic rings. The molecule has 0 saturated heterocycles. The van der Waals surface area contributed by atoms with Gasteiger partial charge in [0.05, 0.1) is 4.90 Å². The number of rotatable bonds is 8. The third-order valence-electron chi connectivity index (χ3n) is 4.19. The van der Waals surface area contributed by atoms with E-state index in [1.165, 1.54) is 17.7 Å². The Morgan fingerprint density at radius 3 is 2.33 bits per heavy atom. The lowest BCUT2D eigenvalue weighted by molar-refractivity contribution is 0.598. The van der Waals surface area contributed by atoms with E-state index < -0.39 is 10.0 Å². The van der Waals surface area contributed by atoms with Crippen LogP contribution in [0.3, 0.4) is 0 Å². The van der Waals surface area contributed by atoms with Crippen LogP contribution in [0.25, 0.3) is 0 Å². The summed E-state index contributed by atoms with van der Waals surface area (Å²) in [6.07, 6.45) is 0.754. The first kappa shape index (κ1) is 20.9. The maximum absolute atomic E-state index is 11.3. The van der Waals surface area contributed by atoms with Crippen molar-refractivity contribution in [3.8, 4) is 0 Å². The molecule has 146 valence electrons. The summed E-state index contributed by atoms with van der Waals surface area (Å²) in [6, 6.07) is 17.0. The maximum atomic E-state index is 11.3. The minimum absolute atomic E-state index is 0.129. The molecule has 0 aromatic heterocycles. The molecule has 1 atom stereocenters. The number of guanidine groups is 1. The van der Waals surface area contributed by atoms with Crippen molar-refractivity contribution < 1.29 is 8.42 Å². The van der Waals surface area contributed by atoms with Crippen LogP contribution >= 0.6 is 0 Å². The van der Waals surface area contributed by atoms with E-state index in [9.17, 15) is 8.42 Å². The molecule has 0 aliphatic carbocycles. The lowest BCUT2D eigenvalue weighted by atomic mass is 10.0. The Balaban J connectivity index is 1.88. The number of primary sulfonamides is 1. The Morgan fingerprint density at radius 1 is 1.07 bits per heavy atom. The zero-order chi connectivity index (χ0) is 19.7. The van der Waals surface area contributed by atoms with E-state index in [1.54, 1.807) is 12.1 Å². The van der Waals surface area contributed by atoms with Crippen LogP contribution in [0.2, 0.25) is 0 Å². The fourth-order valence-electron chi connectivity index (χ4n) is 2.63. The Labute approximate surface area is 162 Å². The van der Waals surface area contributed by atoms with Gasteiger partial charge in [0, 0.05) is 25.6 Å². The van der Waals surface area contributed by atoms with Gasteiger partial charge >= 0.3 is 0 Å². The van der Waals surface area contributed by atoms with Crippen molar-refractivity contribution in [3.05, 3.63) is 65.7 Å². The van der Waals surface area contributed by atoms with Crippen molar-refractivity contribution >= 4 is 16.0 Å². The Hall–Kier alpha value is -2.38. The molecule has 2 aromatic carbocycles. The number of hydrogen-bond donors (Lipinski definition) is 3. The van der Waals surface area contributed by atoms with Crippen molar-refractivity contribution in [1.29, 1.82) is 0 Å². The molecule has 0 aliphatic heterocycles. The monoisotopic (exact) mass is 388 g/mol. The normalized spacial score (nSPS) is 13.2. The summed E-state index contributed by atoms with van der Waals surface area (Å²) in [4.78, 5) is 4.79. The molecule has 0 fully saturated rings. The largest absolute Gasteiger partial charge is 0.357 e. The summed E-state index contributed by atoms with van der Waals surface area (Å²) < 4.78 is 22.6. The number of nitrogens with two attached hydrogens (primary N) is 1. The predicted octanol–water partition coefficient (Wildman–Crippen LogP) is 2.24. The minimum atomic E-state index is -3.64. The molecule has 6 nitrogen and oxygen atoms in total. The lowest BCUT2D eigenvalue weighted by Crippen LogP contribution is -2.38. The van der Waals surface area contributed by atoms with Gasteiger partial charge in [-0.25, -0.2) is 13.6 Å². The summed E-state index contributed by atoms with van der Waals surface area (Å²) in [5.41, 5.74) is 2.30. The lowest BCUT2D eigenvalue weighted by Gasteiger charge is -2.14. The molecular weight excluding hydrogens is 360 g/mol. The van der Waals surface area contributed by atoms with Crippen molar-refractivity contribution in [2.75, 3.05) is 19.6 Å². The van der Waals surface area contributed by atoms with Crippen LogP contribution in [0, 0.1) is 0 Å². The molecule has 0 radical (unpaired) electrons. The van der Waals surface area contributed by atoms with Crippen molar-refractivity contribution in [2.24, 2.45) is 10.1 Å². The van der Waals surface area contributed by atoms with Gasteiger partial charge in [-0.15, -0.1) is 0 Å².